The Kier molecular flexibility index (Phi) is 7.33. The molecule has 3 atom stereocenters. The lowest BCUT2D eigenvalue weighted by molar-refractivity contribution is -0.145. The van der Waals surface area contributed by atoms with Gasteiger partial charge in [0, 0.05) is 43.2 Å². The van der Waals surface area contributed by atoms with Crippen LogP contribution in [0.5, 0.6) is 0 Å². The van der Waals surface area contributed by atoms with Crippen LogP contribution < -0.4 is 0 Å². The van der Waals surface area contributed by atoms with E-state index in [9.17, 15) is 35.2 Å². The third kappa shape index (κ3) is 5.49. The summed E-state index contributed by atoms with van der Waals surface area (Å²) in [5.74, 6) is -2.71. The summed E-state index contributed by atoms with van der Waals surface area (Å²) in [6, 6.07) is 1.36. The average Bonchev–Trinajstić information content (AvgIpc) is 3.18. The molecule has 0 aromatic carbocycles. The zero-order chi connectivity index (χ0) is 27.0. The Morgan fingerprint density at radius 2 is 1.76 bits per heavy atom. The number of sulfonamides is 1. The summed E-state index contributed by atoms with van der Waals surface area (Å²) in [6.07, 6.45) is -1.94. The summed E-state index contributed by atoms with van der Waals surface area (Å²) < 4.78 is 94.2. The second-order valence-electron chi connectivity index (χ2n) is 8.45. The lowest BCUT2D eigenvalue weighted by Crippen LogP contribution is -2.44. The Labute approximate surface area is 208 Å². The molecule has 1 saturated heterocycles. The zero-order valence-electron chi connectivity index (χ0n) is 19.2. The molecule has 1 aliphatic rings. The van der Waals surface area contributed by atoms with Gasteiger partial charge in [0.25, 0.3) is 0 Å². The Bertz CT molecular complexity index is 1390. The maximum atomic E-state index is 14.6. The van der Waals surface area contributed by atoms with Gasteiger partial charge in [0.05, 0.1) is 28.9 Å². The molecule has 196 valence electrons. The van der Waals surface area contributed by atoms with Crippen LogP contribution in [0.1, 0.15) is 31.2 Å². The van der Waals surface area contributed by atoms with Crippen molar-refractivity contribution in [3.63, 3.8) is 0 Å². The average molecular weight is 542 g/mol. The predicted octanol–water partition coefficient (Wildman–Crippen LogP) is 3.78. The van der Waals surface area contributed by atoms with Crippen LogP contribution in [0.15, 0.2) is 54.1 Å². The second kappa shape index (κ2) is 10.2. The zero-order valence-corrected chi connectivity index (χ0v) is 20.0. The van der Waals surface area contributed by atoms with E-state index in [0.717, 1.165) is 22.9 Å². The molecule has 0 amide bonds. The highest BCUT2D eigenvalue weighted by molar-refractivity contribution is 7.89. The summed E-state index contributed by atoms with van der Waals surface area (Å²) >= 11 is 0. The number of ketones is 1. The molecule has 37 heavy (non-hydrogen) atoms. The summed E-state index contributed by atoms with van der Waals surface area (Å²) in [5, 5.41) is 0. The summed E-state index contributed by atoms with van der Waals surface area (Å²) in [5.41, 5.74) is 0.197. The van der Waals surface area contributed by atoms with Gasteiger partial charge >= 0.3 is 6.18 Å². The molecule has 0 radical (unpaired) electrons. The van der Waals surface area contributed by atoms with Crippen LogP contribution in [0.3, 0.4) is 0 Å². The minimum Gasteiger partial charge on any atom is -0.298 e. The number of halogens is 5. The quantitative estimate of drug-likeness (QED) is 0.419. The first-order valence-electron chi connectivity index (χ1n) is 11.0. The number of carbonyl (C=O) groups is 1. The third-order valence-electron chi connectivity index (χ3n) is 6.05. The van der Waals surface area contributed by atoms with E-state index < -0.39 is 51.9 Å². The first-order chi connectivity index (χ1) is 17.4. The number of rotatable bonds is 7. The van der Waals surface area contributed by atoms with Crippen molar-refractivity contribution in [3.8, 4) is 11.3 Å². The molecule has 3 aromatic heterocycles. The van der Waals surface area contributed by atoms with Crippen molar-refractivity contribution >= 4 is 15.8 Å². The molecule has 0 unspecified atom stereocenters. The Morgan fingerprint density at radius 3 is 2.38 bits per heavy atom. The van der Waals surface area contributed by atoms with Gasteiger partial charge in [0.2, 0.25) is 15.8 Å². The molecular formula is C23H20F5N5O3S. The first-order valence-corrected chi connectivity index (χ1v) is 12.5. The minimum absolute atomic E-state index is 0.0182. The number of alkyl halides is 4. The number of carbonyl (C=O) groups excluding carboxylic acids is 1. The highest BCUT2D eigenvalue weighted by Gasteiger charge is 2.48. The van der Waals surface area contributed by atoms with Crippen LogP contribution in [-0.4, -0.2) is 56.7 Å². The van der Waals surface area contributed by atoms with Gasteiger partial charge in [0.1, 0.15) is 12.0 Å². The maximum Gasteiger partial charge on any atom is 0.451 e. The monoisotopic (exact) mass is 541 g/mol. The smallest absolute Gasteiger partial charge is 0.298 e. The fourth-order valence-electron chi connectivity index (χ4n) is 4.11. The van der Waals surface area contributed by atoms with Crippen LogP contribution in [0, 0.1) is 5.82 Å². The van der Waals surface area contributed by atoms with Crippen molar-refractivity contribution in [3.05, 3.63) is 66.4 Å². The molecule has 1 aliphatic heterocycles. The van der Waals surface area contributed by atoms with E-state index in [0.29, 0.717) is 0 Å². The fraction of sp³-hybridized carbons (Fsp3) is 0.348. The Morgan fingerprint density at radius 1 is 1.11 bits per heavy atom. The molecule has 0 aliphatic carbocycles. The van der Waals surface area contributed by atoms with Gasteiger partial charge in [-0.3, -0.25) is 14.8 Å². The number of aromatic nitrogens is 4. The van der Waals surface area contributed by atoms with Gasteiger partial charge in [0.15, 0.2) is 5.78 Å². The van der Waals surface area contributed by atoms with E-state index in [1.165, 1.54) is 37.5 Å². The molecule has 4 heterocycles. The van der Waals surface area contributed by atoms with Gasteiger partial charge in [-0.2, -0.15) is 17.5 Å². The van der Waals surface area contributed by atoms with Crippen molar-refractivity contribution in [1.82, 2.24) is 24.2 Å². The highest BCUT2D eigenvalue weighted by atomic mass is 32.2. The van der Waals surface area contributed by atoms with Gasteiger partial charge in [-0.1, -0.05) is 0 Å². The maximum absolute atomic E-state index is 14.6. The number of pyridine rings is 2. The number of hydrogen-bond donors (Lipinski definition) is 0. The Balaban J connectivity index is 1.53. The predicted molar refractivity (Wildman–Crippen MR) is 120 cm³/mol. The van der Waals surface area contributed by atoms with Crippen molar-refractivity contribution in [2.75, 3.05) is 0 Å². The van der Waals surface area contributed by atoms with Gasteiger partial charge < -0.3 is 0 Å². The van der Waals surface area contributed by atoms with Crippen molar-refractivity contribution in [2.24, 2.45) is 0 Å². The number of Topliss-reactive ketones (excluding diaryl/α,β-unsaturated/α-hetero) is 1. The van der Waals surface area contributed by atoms with E-state index in [1.54, 1.807) is 0 Å². The number of hydrogen-bond acceptors (Lipinski definition) is 7. The van der Waals surface area contributed by atoms with E-state index >= 15 is 0 Å². The Hall–Kier alpha value is -3.39. The lowest BCUT2D eigenvalue weighted by atomic mass is 10.0. The van der Waals surface area contributed by atoms with Crippen molar-refractivity contribution < 1.29 is 35.2 Å². The number of nitrogens with zero attached hydrogens (tertiary/aromatic N) is 5. The van der Waals surface area contributed by atoms with E-state index in [-0.39, 0.29) is 41.0 Å². The molecule has 0 N–H and O–H groups in total. The minimum atomic E-state index is -4.73. The molecule has 0 saturated carbocycles. The molecule has 4 rings (SSSR count). The standard InChI is InChI=1S/C23H20F5N5O3S/c1-13-17(24)9-20(33(13)37(35,36)16-4-6-29-7-5-16)21(34)3-2-14-8-19(30-12-18(14)25)15-10-31-22(32-11-15)23(26,27)28/h4-8,10-13,17,20H,2-3,9H2,1H3/t13-,17+,20-/m0/s1. The summed E-state index contributed by atoms with van der Waals surface area (Å²) in [4.78, 5) is 27.0. The van der Waals surface area contributed by atoms with Crippen LogP contribution in [0.2, 0.25) is 0 Å². The van der Waals surface area contributed by atoms with Crippen LogP contribution in [0.4, 0.5) is 22.0 Å². The molecular weight excluding hydrogens is 521 g/mol. The molecule has 1 fully saturated rings. The highest BCUT2D eigenvalue weighted by Crippen LogP contribution is 2.34. The van der Waals surface area contributed by atoms with Crippen molar-refractivity contribution in [1.29, 1.82) is 0 Å². The molecule has 3 aromatic rings. The fourth-order valence-corrected chi connectivity index (χ4v) is 5.93. The van der Waals surface area contributed by atoms with E-state index in [2.05, 4.69) is 19.9 Å². The molecule has 0 bridgehead atoms. The van der Waals surface area contributed by atoms with Crippen LogP contribution >= 0.6 is 0 Å². The topological polar surface area (TPSA) is 106 Å². The lowest BCUT2D eigenvalue weighted by Gasteiger charge is -2.26. The summed E-state index contributed by atoms with van der Waals surface area (Å²) in [7, 11) is -4.21. The second-order valence-corrected chi connectivity index (χ2v) is 10.3. The first kappa shape index (κ1) is 26.7. The largest absolute Gasteiger partial charge is 0.451 e. The molecule has 0 spiro atoms. The van der Waals surface area contributed by atoms with Gasteiger partial charge in [-0.15, -0.1) is 0 Å². The van der Waals surface area contributed by atoms with E-state index in [4.69, 9.17) is 0 Å². The normalized spacial score (nSPS) is 20.8. The SMILES string of the molecule is C[C@H]1[C@H](F)C[C@@H](C(=O)CCc2cc(-c3cnc(C(F)(F)F)nc3)ncc2F)N1S(=O)(=O)c1ccncc1. The van der Waals surface area contributed by atoms with Gasteiger partial charge in [-0.05, 0) is 37.1 Å². The van der Waals surface area contributed by atoms with E-state index in [1.807, 2.05) is 0 Å². The molecule has 14 heteroatoms. The van der Waals surface area contributed by atoms with Crippen LogP contribution in [-0.2, 0) is 27.4 Å². The number of aryl methyl sites for hydroxylation is 1. The third-order valence-corrected chi connectivity index (χ3v) is 8.06. The van der Waals surface area contributed by atoms with Crippen molar-refractivity contribution in [2.45, 2.75) is 55.5 Å². The van der Waals surface area contributed by atoms with Crippen LogP contribution in [0.25, 0.3) is 11.3 Å². The molecule has 8 nitrogen and oxygen atoms in total. The van der Waals surface area contributed by atoms with Gasteiger partial charge in [-0.25, -0.2) is 27.2 Å². The summed E-state index contributed by atoms with van der Waals surface area (Å²) in [6.45, 7) is 1.37.